The van der Waals surface area contributed by atoms with Gasteiger partial charge in [-0.15, -0.1) is 0 Å². The van der Waals surface area contributed by atoms with Crippen LogP contribution in [0.5, 0.6) is 17.2 Å². The van der Waals surface area contributed by atoms with Gasteiger partial charge < -0.3 is 55.9 Å². The number of hydrogen-bond donors (Lipinski definition) is 8. The number of benzene rings is 2. The summed E-state index contributed by atoms with van der Waals surface area (Å²) < 4.78 is 16.7. The zero-order chi connectivity index (χ0) is 31.9. The van der Waals surface area contributed by atoms with Gasteiger partial charge in [-0.1, -0.05) is 12.8 Å². The fourth-order valence-electron chi connectivity index (χ4n) is 6.32. The molecule has 0 amide bonds. The van der Waals surface area contributed by atoms with Crippen molar-refractivity contribution in [3.05, 3.63) is 51.1 Å². The molecule has 5 atom stereocenters. The van der Waals surface area contributed by atoms with Crippen LogP contribution in [0, 0.1) is 0 Å². The number of nitrogens with zero attached hydrogens (tertiary/aromatic N) is 1. The van der Waals surface area contributed by atoms with Crippen LogP contribution in [0.25, 0.3) is 0 Å². The third-order valence-corrected chi connectivity index (χ3v) is 8.68. The third kappa shape index (κ3) is 5.27. The lowest BCUT2D eigenvalue weighted by Gasteiger charge is -2.40. The summed E-state index contributed by atoms with van der Waals surface area (Å²) >= 11 is 0. The number of aromatic hydroxyl groups is 1. The van der Waals surface area contributed by atoms with Gasteiger partial charge in [-0.25, -0.2) is 0 Å². The Kier molecular flexibility index (Phi) is 9.11. The van der Waals surface area contributed by atoms with Crippen LogP contribution in [0.1, 0.15) is 80.1 Å². The second-order valence-electron chi connectivity index (χ2n) is 11.1. The van der Waals surface area contributed by atoms with Gasteiger partial charge in [0.05, 0.1) is 31.5 Å². The van der Waals surface area contributed by atoms with E-state index in [0.29, 0.717) is 11.1 Å². The molecule has 1 saturated carbocycles. The van der Waals surface area contributed by atoms with Gasteiger partial charge >= 0.3 is 0 Å². The Morgan fingerprint density at radius 2 is 1.70 bits per heavy atom. The van der Waals surface area contributed by atoms with Crippen LogP contribution in [0.15, 0.2) is 17.1 Å². The molecule has 2 fully saturated rings. The summed E-state index contributed by atoms with van der Waals surface area (Å²) in [5.41, 5.74) is 6.07. The van der Waals surface area contributed by atoms with E-state index in [-0.39, 0.29) is 57.7 Å². The molecule has 5 rings (SSSR count). The number of nitrogens with two attached hydrogens (primary N) is 1. The first kappa shape index (κ1) is 31.6. The lowest BCUT2D eigenvalue weighted by Crippen LogP contribution is -2.60. The summed E-state index contributed by atoms with van der Waals surface area (Å²) in [6.07, 6.45) is -4.67. The van der Waals surface area contributed by atoms with Gasteiger partial charge in [0.25, 0.3) is 0 Å². The molecule has 2 aromatic rings. The molecule has 14 nitrogen and oxygen atoms in total. The lowest BCUT2D eigenvalue weighted by molar-refractivity contribution is -0.277. The quantitative estimate of drug-likeness (QED) is 0.118. The Balaban J connectivity index is 1.68. The number of hydrogen-bond acceptors (Lipinski definition) is 12. The van der Waals surface area contributed by atoms with Crippen LogP contribution in [0.2, 0.25) is 0 Å². The van der Waals surface area contributed by atoms with E-state index in [0.717, 1.165) is 25.7 Å². The molecule has 44 heavy (non-hydrogen) atoms. The number of ketones is 2. The minimum Gasteiger partial charge on any atom is -0.507 e. The smallest absolute Gasteiger partial charge is 0.229 e. The van der Waals surface area contributed by atoms with Gasteiger partial charge in [0.2, 0.25) is 12.1 Å². The van der Waals surface area contributed by atoms with Crippen LogP contribution >= 0.6 is 0 Å². The van der Waals surface area contributed by atoms with Gasteiger partial charge in [-0.2, -0.15) is 0 Å². The number of fused-ring (bicyclic) bond motifs is 2. The third-order valence-electron chi connectivity index (χ3n) is 8.68. The Bertz CT molecular complexity index is 1490. The summed E-state index contributed by atoms with van der Waals surface area (Å²) in [4.78, 5) is 32.4. The molecule has 9 N–H and O–H groups in total. The van der Waals surface area contributed by atoms with Gasteiger partial charge in [0.15, 0.2) is 11.7 Å². The first-order valence-corrected chi connectivity index (χ1v) is 14.3. The molecule has 238 valence electrons. The van der Waals surface area contributed by atoms with E-state index in [1.807, 2.05) is 0 Å². The van der Waals surface area contributed by atoms with E-state index in [2.05, 4.69) is 10.3 Å². The summed E-state index contributed by atoms with van der Waals surface area (Å²) in [5.74, 6) is -2.07. The minimum absolute atomic E-state index is 0.00670. The summed E-state index contributed by atoms with van der Waals surface area (Å²) in [6, 6.07) is 2.83. The van der Waals surface area contributed by atoms with Crippen LogP contribution in [0.4, 0.5) is 0 Å². The summed E-state index contributed by atoms with van der Waals surface area (Å²) in [7, 11) is 2.78. The SMILES string of the molecule is CN=C(N)NCc1c(C2CCCC2)cc2c(c1O)C(=O)c1c(O[C@@H]3O[C@H](CO)[C@@H](O)[C@H](O)[C@H]3O)cc(OC)c(CO)c1C2=O. The van der Waals surface area contributed by atoms with Crippen molar-refractivity contribution < 1.29 is 54.4 Å². The minimum atomic E-state index is -1.82. The maximum absolute atomic E-state index is 14.3. The highest BCUT2D eigenvalue weighted by Gasteiger charge is 2.46. The summed E-state index contributed by atoms with van der Waals surface area (Å²) in [5, 5.41) is 65.5. The molecule has 1 heterocycles. The van der Waals surface area contributed by atoms with E-state index in [1.165, 1.54) is 20.2 Å². The first-order valence-electron chi connectivity index (χ1n) is 14.3. The largest absolute Gasteiger partial charge is 0.507 e. The Labute approximate surface area is 252 Å². The molecule has 14 heteroatoms. The van der Waals surface area contributed by atoms with E-state index in [4.69, 9.17) is 19.9 Å². The molecule has 3 aliphatic rings. The average molecular weight is 616 g/mol. The summed E-state index contributed by atoms with van der Waals surface area (Å²) in [6.45, 7) is -1.37. The van der Waals surface area contributed by atoms with Crippen molar-refractivity contribution in [3.63, 3.8) is 0 Å². The fourth-order valence-corrected chi connectivity index (χ4v) is 6.32. The molecule has 0 aromatic heterocycles. The molecule has 0 spiro atoms. The number of rotatable bonds is 8. The zero-order valence-electron chi connectivity index (χ0n) is 24.3. The highest BCUT2D eigenvalue weighted by molar-refractivity contribution is 6.31. The number of aliphatic hydroxyl groups is 5. The molecular formula is C30H37N3O11. The van der Waals surface area contributed by atoms with Crippen molar-refractivity contribution in [2.45, 2.75) is 75.5 Å². The second-order valence-corrected chi connectivity index (χ2v) is 11.1. The number of carbonyl (C=O) groups excluding carboxylic acids is 2. The molecule has 0 unspecified atom stereocenters. The van der Waals surface area contributed by atoms with Crippen LogP contribution in [-0.4, -0.2) is 99.6 Å². The van der Waals surface area contributed by atoms with Gasteiger partial charge in [0, 0.05) is 41.9 Å². The maximum Gasteiger partial charge on any atom is 0.229 e. The van der Waals surface area contributed by atoms with Crippen molar-refractivity contribution >= 4 is 17.5 Å². The normalized spacial score (nSPS) is 25.5. The van der Waals surface area contributed by atoms with Crippen molar-refractivity contribution in [2.24, 2.45) is 10.7 Å². The number of ether oxygens (including phenoxy) is 3. The van der Waals surface area contributed by atoms with Crippen LogP contribution < -0.4 is 20.5 Å². The predicted molar refractivity (Wildman–Crippen MR) is 154 cm³/mol. The van der Waals surface area contributed by atoms with Crippen molar-refractivity contribution in [2.75, 3.05) is 20.8 Å². The number of phenolic OH excluding ortho intramolecular Hbond substituents is 1. The van der Waals surface area contributed by atoms with E-state index in [9.17, 15) is 40.2 Å². The Morgan fingerprint density at radius 1 is 1.00 bits per heavy atom. The van der Waals surface area contributed by atoms with Crippen LogP contribution in [-0.2, 0) is 17.9 Å². The van der Waals surface area contributed by atoms with Crippen LogP contribution in [0.3, 0.4) is 0 Å². The zero-order valence-corrected chi connectivity index (χ0v) is 24.3. The molecule has 1 saturated heterocycles. The number of methoxy groups -OCH3 is 1. The number of aliphatic imine (C=N–C) groups is 1. The number of aliphatic hydroxyl groups excluding tert-OH is 5. The predicted octanol–water partition coefficient (Wildman–Crippen LogP) is -0.461. The standard InChI is InChI=1S/C30H37N3O11/c1-32-30(31)33-9-15-13(12-5-3-4-6-12)7-14-21(24(15)37)26(39)22-18(8-17(42-2)16(10-34)20(22)23(14)36)43-29-28(41)27(40)25(38)19(11-35)44-29/h7-8,12,19,25,27-29,34-35,37-38,40-41H,3-6,9-11H2,1-2H3,(H3,31,32,33)/t19-,25-,27+,28-,29-/m1/s1. The number of nitrogens with one attached hydrogen (secondary N) is 1. The molecule has 2 aromatic carbocycles. The first-order chi connectivity index (χ1) is 21.1. The van der Waals surface area contributed by atoms with Gasteiger partial charge in [-0.3, -0.25) is 14.6 Å². The topological polar surface area (TPSA) is 234 Å². The highest BCUT2D eigenvalue weighted by Crippen LogP contribution is 2.47. The van der Waals surface area contributed by atoms with E-state index in [1.54, 1.807) is 6.07 Å². The van der Waals surface area contributed by atoms with Crippen molar-refractivity contribution in [3.8, 4) is 17.2 Å². The molecule has 0 bridgehead atoms. The van der Waals surface area contributed by atoms with E-state index >= 15 is 0 Å². The Hall–Kier alpha value is -3.79. The fraction of sp³-hybridized carbons (Fsp3) is 0.500. The molecule has 1 aliphatic heterocycles. The molecular weight excluding hydrogens is 578 g/mol. The lowest BCUT2D eigenvalue weighted by atomic mass is 9.77. The highest BCUT2D eigenvalue weighted by atomic mass is 16.7. The molecule has 0 radical (unpaired) electrons. The Morgan fingerprint density at radius 3 is 2.32 bits per heavy atom. The monoisotopic (exact) mass is 615 g/mol. The van der Waals surface area contributed by atoms with Gasteiger partial charge in [-0.05, 0) is 30.4 Å². The van der Waals surface area contributed by atoms with Gasteiger partial charge in [0.1, 0.15) is 41.7 Å². The second kappa shape index (κ2) is 12.7. The number of carbonyl (C=O) groups is 2. The molecule has 2 aliphatic carbocycles. The number of phenols is 1. The van der Waals surface area contributed by atoms with E-state index < -0.39 is 61.2 Å². The maximum atomic E-state index is 14.3. The van der Waals surface area contributed by atoms with Crippen molar-refractivity contribution in [1.29, 1.82) is 0 Å². The number of guanidine groups is 1. The van der Waals surface area contributed by atoms with Crippen molar-refractivity contribution in [1.82, 2.24) is 5.32 Å². The average Bonchev–Trinajstić information content (AvgIpc) is 3.57.